The Balaban J connectivity index is 1.56. The number of aromatic nitrogens is 1. The molecule has 0 spiro atoms. The lowest BCUT2D eigenvalue weighted by Crippen LogP contribution is -2.41. The van der Waals surface area contributed by atoms with Crippen molar-refractivity contribution in [3.05, 3.63) is 94.9 Å². The Labute approximate surface area is 244 Å². The second-order valence-corrected chi connectivity index (χ2v) is 11.0. The first-order chi connectivity index (χ1) is 19.8. The summed E-state index contributed by atoms with van der Waals surface area (Å²) in [5.74, 6) is 0.145. The molecular weight excluding hydrogens is 538 g/mol. The zero-order valence-corrected chi connectivity index (χ0v) is 24.5. The summed E-state index contributed by atoms with van der Waals surface area (Å²) in [5.41, 5.74) is 4.19. The number of nitrogens with zero attached hydrogens (tertiary/aromatic N) is 2. The number of carboxylic acid groups (broad SMARTS) is 1. The Hall–Kier alpha value is -4.37. The van der Waals surface area contributed by atoms with Crippen LogP contribution in [0, 0.1) is 5.92 Å². The number of rotatable bonds is 13. The van der Waals surface area contributed by atoms with Crippen LogP contribution in [-0.2, 0) is 17.9 Å². The Morgan fingerprint density at radius 1 is 0.951 bits per heavy atom. The number of hydrogen-bond donors (Lipinski definition) is 2. The van der Waals surface area contributed by atoms with Gasteiger partial charge >= 0.3 is 5.97 Å². The number of nitrogens with one attached hydrogen (secondary N) is 1. The van der Waals surface area contributed by atoms with Gasteiger partial charge in [-0.1, -0.05) is 56.3 Å². The van der Waals surface area contributed by atoms with Crippen molar-refractivity contribution in [3.63, 3.8) is 0 Å². The lowest BCUT2D eigenvalue weighted by molar-refractivity contribution is -0.139. The van der Waals surface area contributed by atoms with E-state index < -0.39 is 17.9 Å². The van der Waals surface area contributed by atoms with E-state index in [0.717, 1.165) is 33.3 Å². The van der Waals surface area contributed by atoms with E-state index in [4.69, 9.17) is 14.5 Å². The van der Waals surface area contributed by atoms with E-state index in [2.05, 4.69) is 22.3 Å². The lowest BCUT2D eigenvalue weighted by Gasteiger charge is -2.22. The highest BCUT2D eigenvalue weighted by Gasteiger charge is 2.22. The van der Waals surface area contributed by atoms with Crippen molar-refractivity contribution in [3.8, 4) is 22.8 Å². The largest absolute Gasteiger partial charge is 0.497 e. The molecule has 1 heterocycles. The molecule has 0 saturated heterocycles. The van der Waals surface area contributed by atoms with Crippen LogP contribution in [0.3, 0.4) is 0 Å². The summed E-state index contributed by atoms with van der Waals surface area (Å²) in [6.07, 6.45) is 0.366. The second kappa shape index (κ2) is 13.8. The molecule has 1 amide bonds. The Kier molecular flexibility index (Phi) is 9.97. The zero-order chi connectivity index (χ0) is 29.4. The van der Waals surface area contributed by atoms with Crippen LogP contribution in [0.4, 0.5) is 5.13 Å². The van der Waals surface area contributed by atoms with Gasteiger partial charge in [-0.2, -0.15) is 0 Å². The van der Waals surface area contributed by atoms with Gasteiger partial charge < -0.3 is 24.8 Å². The minimum absolute atomic E-state index is 0.144. The highest BCUT2D eigenvalue weighted by Crippen LogP contribution is 2.36. The molecule has 0 bridgehead atoms. The first-order valence-corrected chi connectivity index (χ1v) is 14.2. The van der Waals surface area contributed by atoms with Crippen LogP contribution in [0.25, 0.3) is 11.3 Å². The fraction of sp³-hybridized carbons (Fsp3) is 0.281. The number of ether oxygens (including phenoxy) is 2. The van der Waals surface area contributed by atoms with E-state index >= 15 is 0 Å². The average molecular weight is 574 g/mol. The SMILES string of the molecule is COc1ccc(OC)c(-c2csc(N(Cc3ccccc3)Cc3ccc(C(=O)NC(CC(C)C)C(=O)O)cc3)n2)c1. The van der Waals surface area contributed by atoms with Crippen LogP contribution in [-0.4, -0.2) is 42.2 Å². The summed E-state index contributed by atoms with van der Waals surface area (Å²) in [4.78, 5) is 31.5. The van der Waals surface area contributed by atoms with Crippen molar-refractivity contribution in [1.82, 2.24) is 10.3 Å². The molecule has 0 fully saturated rings. The minimum atomic E-state index is -1.03. The van der Waals surface area contributed by atoms with Gasteiger partial charge in [0.05, 0.1) is 19.9 Å². The lowest BCUT2D eigenvalue weighted by atomic mass is 10.0. The van der Waals surface area contributed by atoms with Gasteiger partial charge in [0.1, 0.15) is 17.5 Å². The molecule has 0 aliphatic heterocycles. The Morgan fingerprint density at radius 2 is 1.63 bits per heavy atom. The maximum absolute atomic E-state index is 12.8. The third kappa shape index (κ3) is 7.85. The number of amides is 1. The van der Waals surface area contributed by atoms with E-state index in [9.17, 15) is 14.7 Å². The maximum atomic E-state index is 12.8. The minimum Gasteiger partial charge on any atom is -0.497 e. The Bertz CT molecular complexity index is 1450. The molecule has 0 aliphatic carbocycles. The van der Waals surface area contributed by atoms with Crippen molar-refractivity contribution in [2.24, 2.45) is 5.92 Å². The van der Waals surface area contributed by atoms with E-state index in [1.165, 1.54) is 0 Å². The fourth-order valence-corrected chi connectivity index (χ4v) is 5.28. The highest BCUT2D eigenvalue weighted by atomic mass is 32.1. The van der Waals surface area contributed by atoms with Crippen LogP contribution in [0.1, 0.15) is 41.8 Å². The fourth-order valence-electron chi connectivity index (χ4n) is 4.46. The van der Waals surface area contributed by atoms with E-state index in [-0.39, 0.29) is 5.92 Å². The average Bonchev–Trinajstić information content (AvgIpc) is 3.47. The van der Waals surface area contributed by atoms with Gasteiger partial charge in [-0.05, 0) is 53.8 Å². The molecule has 4 aromatic rings. The van der Waals surface area contributed by atoms with Crippen molar-refractivity contribution in [2.45, 2.75) is 39.4 Å². The topological polar surface area (TPSA) is 101 Å². The highest BCUT2D eigenvalue weighted by molar-refractivity contribution is 7.14. The number of thiazole rings is 1. The third-order valence-corrected chi connectivity index (χ3v) is 7.46. The van der Waals surface area contributed by atoms with Crippen LogP contribution >= 0.6 is 11.3 Å². The number of carboxylic acids is 1. The molecule has 41 heavy (non-hydrogen) atoms. The zero-order valence-electron chi connectivity index (χ0n) is 23.7. The monoisotopic (exact) mass is 573 g/mol. The van der Waals surface area contributed by atoms with Gasteiger partial charge in [0, 0.05) is 29.6 Å². The van der Waals surface area contributed by atoms with Gasteiger partial charge in [0.2, 0.25) is 0 Å². The Morgan fingerprint density at radius 3 is 2.24 bits per heavy atom. The van der Waals surface area contributed by atoms with Gasteiger partial charge in [-0.15, -0.1) is 11.3 Å². The predicted octanol–water partition coefficient (Wildman–Crippen LogP) is 6.26. The van der Waals surface area contributed by atoms with E-state index in [1.807, 2.05) is 67.8 Å². The van der Waals surface area contributed by atoms with Crippen molar-refractivity contribution >= 4 is 28.3 Å². The molecule has 3 aromatic carbocycles. The quantitative estimate of drug-likeness (QED) is 0.195. The normalized spacial score (nSPS) is 11.6. The molecular formula is C32H35N3O5S. The standard InChI is InChI=1S/C32H35N3O5S/c1-21(2)16-27(31(37)38)33-30(36)24-12-10-23(11-13-24)19-35(18-22-8-6-5-7-9-22)32-34-28(20-41-32)26-17-25(39-3)14-15-29(26)40-4/h5-15,17,20-21,27H,16,18-19H2,1-4H3,(H,33,36)(H,37,38). The van der Waals surface area contributed by atoms with Gasteiger partial charge in [-0.25, -0.2) is 9.78 Å². The predicted molar refractivity (Wildman–Crippen MR) is 162 cm³/mol. The molecule has 9 heteroatoms. The van der Waals surface area contributed by atoms with Gasteiger partial charge in [0.15, 0.2) is 5.13 Å². The summed E-state index contributed by atoms with van der Waals surface area (Å²) < 4.78 is 11.0. The van der Waals surface area contributed by atoms with Crippen molar-refractivity contribution < 1.29 is 24.2 Å². The number of aliphatic carboxylic acids is 1. The van der Waals surface area contributed by atoms with Crippen LogP contribution in [0.15, 0.2) is 78.2 Å². The summed E-state index contributed by atoms with van der Waals surface area (Å²) in [7, 11) is 3.26. The van der Waals surface area contributed by atoms with Crippen LogP contribution in [0.2, 0.25) is 0 Å². The summed E-state index contributed by atoms with van der Waals surface area (Å²) in [5, 5.41) is 15.0. The molecule has 1 atom stereocenters. The van der Waals surface area contributed by atoms with Crippen molar-refractivity contribution in [1.29, 1.82) is 0 Å². The second-order valence-electron chi connectivity index (χ2n) is 10.1. The smallest absolute Gasteiger partial charge is 0.326 e. The van der Waals surface area contributed by atoms with Gasteiger partial charge in [-0.3, -0.25) is 4.79 Å². The molecule has 4 rings (SSSR count). The van der Waals surface area contributed by atoms with E-state index in [0.29, 0.717) is 30.8 Å². The number of hydrogen-bond acceptors (Lipinski definition) is 7. The molecule has 0 saturated carbocycles. The molecule has 1 aromatic heterocycles. The number of benzene rings is 3. The summed E-state index contributed by atoms with van der Waals surface area (Å²) in [6.45, 7) is 5.05. The van der Waals surface area contributed by atoms with Gasteiger partial charge in [0.25, 0.3) is 5.91 Å². The molecule has 0 radical (unpaired) electrons. The summed E-state index contributed by atoms with van der Waals surface area (Å²) >= 11 is 1.54. The van der Waals surface area contributed by atoms with Crippen LogP contribution < -0.4 is 19.7 Å². The summed E-state index contributed by atoms with van der Waals surface area (Å²) in [6, 6.07) is 22.1. The molecule has 1 unspecified atom stereocenters. The number of anilines is 1. The number of methoxy groups -OCH3 is 2. The molecule has 8 nitrogen and oxygen atoms in total. The molecule has 214 valence electrons. The first-order valence-electron chi connectivity index (χ1n) is 13.4. The maximum Gasteiger partial charge on any atom is 0.326 e. The van der Waals surface area contributed by atoms with Crippen molar-refractivity contribution in [2.75, 3.05) is 19.1 Å². The van der Waals surface area contributed by atoms with E-state index in [1.54, 1.807) is 37.7 Å². The molecule has 0 aliphatic rings. The first kappa shape index (κ1) is 29.6. The molecule has 2 N–H and O–H groups in total. The number of carbonyl (C=O) groups is 2. The van der Waals surface area contributed by atoms with Crippen LogP contribution in [0.5, 0.6) is 11.5 Å². The number of carbonyl (C=O) groups excluding carboxylic acids is 1. The third-order valence-electron chi connectivity index (χ3n) is 6.56.